The number of terminal acetylenes is 1. The normalized spacial score (nSPS) is 12.0. The van der Waals surface area contributed by atoms with E-state index in [0.717, 1.165) is 65.2 Å². The summed E-state index contributed by atoms with van der Waals surface area (Å²) in [5, 5.41) is 6.49. The van der Waals surface area contributed by atoms with E-state index in [4.69, 9.17) is 9.73 Å². The Morgan fingerprint density at radius 2 is 1.69 bits per heavy atom. The van der Waals surface area contributed by atoms with E-state index in [1.807, 2.05) is 91.0 Å². The molecular formula is C37H53N3O2. The van der Waals surface area contributed by atoms with E-state index in [-0.39, 0.29) is 6.09 Å². The fraction of sp³-hybridized carbons (Fsp3) is 0.405. The van der Waals surface area contributed by atoms with Crippen molar-refractivity contribution in [3.8, 4) is 24.0 Å². The van der Waals surface area contributed by atoms with E-state index in [0.29, 0.717) is 12.5 Å². The van der Waals surface area contributed by atoms with Gasteiger partial charge < -0.3 is 15.4 Å². The van der Waals surface area contributed by atoms with Gasteiger partial charge in [0.2, 0.25) is 0 Å². The first-order valence-electron chi connectivity index (χ1n) is 14.9. The van der Waals surface area contributed by atoms with Crippen LogP contribution in [0.5, 0.6) is 0 Å². The summed E-state index contributed by atoms with van der Waals surface area (Å²) in [6.07, 6.45) is 14.4. The van der Waals surface area contributed by atoms with Crippen molar-refractivity contribution in [2.45, 2.75) is 80.3 Å². The van der Waals surface area contributed by atoms with Crippen LogP contribution in [0.15, 0.2) is 84.4 Å². The van der Waals surface area contributed by atoms with Crippen molar-refractivity contribution in [3.63, 3.8) is 0 Å². The largest absolute Gasteiger partial charge is 0.444 e. The number of hydrogen-bond acceptors (Lipinski definition) is 4. The number of ether oxygens (including phenoxy) is 1. The maximum absolute atomic E-state index is 12.1. The Kier molecular flexibility index (Phi) is 18.8. The number of nitrogens with zero attached hydrogens (tertiary/aromatic N) is 1. The molecular weight excluding hydrogens is 518 g/mol. The number of allylic oxidation sites excluding steroid dienone is 3. The molecule has 0 aliphatic heterocycles. The molecule has 0 heterocycles. The Hall–Kier alpha value is -4.04. The summed E-state index contributed by atoms with van der Waals surface area (Å²) >= 11 is 0. The summed E-state index contributed by atoms with van der Waals surface area (Å²) in [5.74, 6) is 0.375. The van der Waals surface area contributed by atoms with Crippen molar-refractivity contribution in [1.82, 2.24) is 10.6 Å². The van der Waals surface area contributed by atoms with Crippen LogP contribution in [0.2, 0.25) is 0 Å². The van der Waals surface area contributed by atoms with Gasteiger partial charge in [0.05, 0.1) is 5.69 Å². The second-order valence-electron chi connectivity index (χ2n) is 10.4. The SMILES string of the molecule is C#C.C=C/C(=C\C)C(C)=Nc1cccc(-c2ccccc2)c1C(=C)NCC(CCC)CCNC(=O)OC(C)(C)C.CC. The molecule has 1 atom stereocenters. The van der Waals surface area contributed by atoms with Gasteiger partial charge in [-0.3, -0.25) is 4.99 Å². The molecule has 0 saturated heterocycles. The van der Waals surface area contributed by atoms with Crippen molar-refractivity contribution in [3.05, 3.63) is 85.0 Å². The molecule has 1 unspecified atom stereocenters. The van der Waals surface area contributed by atoms with Gasteiger partial charge in [-0.1, -0.05) is 95.0 Å². The van der Waals surface area contributed by atoms with Crippen molar-refractivity contribution in [2.24, 2.45) is 10.9 Å². The third-order valence-electron chi connectivity index (χ3n) is 6.19. The molecule has 0 aliphatic carbocycles. The van der Waals surface area contributed by atoms with Crippen LogP contribution in [0.3, 0.4) is 0 Å². The zero-order valence-corrected chi connectivity index (χ0v) is 27.2. The molecule has 0 aromatic heterocycles. The quantitative estimate of drug-likeness (QED) is 0.143. The summed E-state index contributed by atoms with van der Waals surface area (Å²) in [6, 6.07) is 16.5. The lowest BCUT2D eigenvalue weighted by Crippen LogP contribution is -2.34. The summed E-state index contributed by atoms with van der Waals surface area (Å²) in [7, 11) is 0. The molecule has 0 fully saturated rings. The molecule has 1 amide bonds. The molecule has 2 aromatic rings. The van der Waals surface area contributed by atoms with Crippen LogP contribution in [0.4, 0.5) is 10.5 Å². The maximum Gasteiger partial charge on any atom is 0.407 e. The Balaban J connectivity index is 0.00000402. The van der Waals surface area contributed by atoms with E-state index in [1.54, 1.807) is 0 Å². The van der Waals surface area contributed by atoms with Gasteiger partial charge in [0.1, 0.15) is 5.60 Å². The average Bonchev–Trinajstić information content (AvgIpc) is 2.98. The first kappa shape index (κ1) is 38.0. The minimum atomic E-state index is -0.504. The molecule has 0 radical (unpaired) electrons. The van der Waals surface area contributed by atoms with Crippen molar-refractivity contribution < 1.29 is 9.53 Å². The van der Waals surface area contributed by atoms with Crippen molar-refractivity contribution in [1.29, 1.82) is 0 Å². The monoisotopic (exact) mass is 571 g/mol. The summed E-state index contributed by atoms with van der Waals surface area (Å²) in [6.45, 7) is 25.5. The number of alkyl carbamates (subject to hydrolysis) is 1. The fourth-order valence-corrected chi connectivity index (χ4v) is 4.33. The highest BCUT2D eigenvalue weighted by Gasteiger charge is 2.18. The summed E-state index contributed by atoms with van der Waals surface area (Å²) in [5.41, 5.74) is 6.27. The topological polar surface area (TPSA) is 62.7 Å². The zero-order chi connectivity index (χ0) is 32.1. The zero-order valence-electron chi connectivity index (χ0n) is 27.2. The molecule has 2 aromatic carbocycles. The Morgan fingerprint density at radius 1 is 1.05 bits per heavy atom. The van der Waals surface area contributed by atoms with Gasteiger partial charge in [-0.15, -0.1) is 12.8 Å². The highest BCUT2D eigenvalue weighted by Crippen LogP contribution is 2.35. The standard InChI is InChI=1S/C33H45N3O2.C2H6.C2H2/c1-9-16-26(21-22-34-32(37)38-33(6,7)8)23-35-25(5)31-29(28-17-13-12-14-18-28)19-15-20-30(31)36-24(4)27(10-2)11-3;2*1-2/h10-15,17-20,26,35H,2,5,9,16,21-23H2,1,3-4,6-8H3,(H,34,37);1-2H3;1-2H/b27-11+,36-24?;;. The van der Waals surface area contributed by atoms with Crippen molar-refractivity contribution >= 4 is 23.2 Å². The first-order valence-corrected chi connectivity index (χ1v) is 14.9. The molecule has 5 nitrogen and oxygen atoms in total. The lowest BCUT2D eigenvalue weighted by atomic mass is 9.95. The number of carbonyl (C=O) groups is 1. The van der Waals surface area contributed by atoms with Gasteiger partial charge in [-0.05, 0) is 76.1 Å². The van der Waals surface area contributed by atoms with Gasteiger partial charge in [0, 0.05) is 30.1 Å². The van der Waals surface area contributed by atoms with Gasteiger partial charge in [-0.2, -0.15) is 0 Å². The Morgan fingerprint density at radius 3 is 2.24 bits per heavy atom. The van der Waals surface area contributed by atoms with E-state index < -0.39 is 5.60 Å². The number of amides is 1. The average molecular weight is 572 g/mol. The van der Waals surface area contributed by atoms with Crippen LogP contribution < -0.4 is 10.6 Å². The molecule has 5 heteroatoms. The van der Waals surface area contributed by atoms with Crippen LogP contribution in [-0.4, -0.2) is 30.5 Å². The maximum atomic E-state index is 12.1. The molecule has 0 bridgehead atoms. The lowest BCUT2D eigenvalue weighted by Gasteiger charge is -2.22. The van der Waals surface area contributed by atoms with Gasteiger partial charge in [-0.25, -0.2) is 4.79 Å². The van der Waals surface area contributed by atoms with E-state index in [9.17, 15) is 4.79 Å². The van der Waals surface area contributed by atoms with Crippen LogP contribution in [0, 0.1) is 18.8 Å². The summed E-state index contributed by atoms with van der Waals surface area (Å²) in [4.78, 5) is 17.0. The van der Waals surface area contributed by atoms with E-state index in [2.05, 4.69) is 61.8 Å². The second kappa shape index (κ2) is 20.8. The van der Waals surface area contributed by atoms with Crippen LogP contribution in [0.25, 0.3) is 16.8 Å². The number of rotatable bonds is 13. The minimum absolute atomic E-state index is 0.375. The number of hydrogen-bond donors (Lipinski definition) is 2. The number of carbonyl (C=O) groups excluding carboxylic acids is 1. The highest BCUT2D eigenvalue weighted by molar-refractivity contribution is 6.03. The molecule has 0 saturated carbocycles. The third-order valence-corrected chi connectivity index (χ3v) is 6.19. The molecule has 228 valence electrons. The van der Waals surface area contributed by atoms with Gasteiger partial charge in [0.15, 0.2) is 0 Å². The molecule has 2 N–H and O–H groups in total. The van der Waals surface area contributed by atoms with Crippen molar-refractivity contribution in [2.75, 3.05) is 13.1 Å². The Bertz CT molecular complexity index is 1180. The van der Waals surface area contributed by atoms with Crippen LogP contribution in [-0.2, 0) is 4.74 Å². The molecule has 2 rings (SSSR count). The van der Waals surface area contributed by atoms with E-state index in [1.165, 1.54) is 0 Å². The number of aliphatic imine (C=N–C) groups is 1. The second-order valence-corrected chi connectivity index (χ2v) is 10.4. The Labute approximate surface area is 256 Å². The van der Waals surface area contributed by atoms with Crippen LogP contribution >= 0.6 is 0 Å². The summed E-state index contributed by atoms with van der Waals surface area (Å²) < 4.78 is 5.37. The minimum Gasteiger partial charge on any atom is -0.444 e. The highest BCUT2D eigenvalue weighted by atomic mass is 16.6. The van der Waals surface area contributed by atoms with E-state index >= 15 is 0 Å². The first-order chi connectivity index (χ1) is 20.1. The lowest BCUT2D eigenvalue weighted by molar-refractivity contribution is 0.0525. The fourth-order valence-electron chi connectivity index (χ4n) is 4.33. The number of benzene rings is 2. The predicted octanol–water partition coefficient (Wildman–Crippen LogP) is 9.75. The van der Waals surface area contributed by atoms with Gasteiger partial charge in [0.25, 0.3) is 0 Å². The predicted molar refractivity (Wildman–Crippen MR) is 184 cm³/mol. The molecule has 0 aliphatic rings. The number of nitrogens with one attached hydrogen (secondary N) is 2. The van der Waals surface area contributed by atoms with Gasteiger partial charge >= 0.3 is 6.09 Å². The molecule has 42 heavy (non-hydrogen) atoms. The smallest absolute Gasteiger partial charge is 0.407 e. The van der Waals surface area contributed by atoms with Crippen LogP contribution in [0.1, 0.15) is 80.2 Å². The molecule has 0 spiro atoms. The third kappa shape index (κ3) is 13.5.